The van der Waals surface area contributed by atoms with Crippen LogP contribution in [0.15, 0.2) is 15.4 Å². The lowest BCUT2D eigenvalue weighted by molar-refractivity contribution is -0.287. The van der Waals surface area contributed by atoms with E-state index in [1.165, 1.54) is 16.4 Å². The number of alkyl halides is 8. The molecular weight excluding hydrogens is 523 g/mol. The van der Waals surface area contributed by atoms with Gasteiger partial charge in [0.1, 0.15) is 5.83 Å². The van der Waals surface area contributed by atoms with Gasteiger partial charge in [-0.15, -0.1) is 0 Å². The van der Waals surface area contributed by atoms with Gasteiger partial charge in [-0.1, -0.05) is 6.92 Å². The first-order chi connectivity index (χ1) is 17.0. The standard InChI is InChI=1S/C22H25F9N4O2/c1-8-16-14(19(36)33-20(37)35(16)10-2-3-10)13(18(24)25)15(23)17(8)34-5-4-9(7-34)11(32)6-12(21(26,27)28)22(29,30)31/h8-12,17-18H,2-7,32H2,1H3,(H,33,36,37). The van der Waals surface area contributed by atoms with Crippen LogP contribution < -0.4 is 17.0 Å². The molecule has 1 aliphatic heterocycles. The molecule has 3 N–H and O–H groups in total. The molecule has 3 aliphatic rings. The maximum atomic E-state index is 15.6. The summed E-state index contributed by atoms with van der Waals surface area (Å²) in [6.07, 6.45) is -14.8. The summed E-state index contributed by atoms with van der Waals surface area (Å²) in [6, 6.07) is -3.30. The van der Waals surface area contributed by atoms with E-state index in [9.17, 15) is 44.7 Å². The van der Waals surface area contributed by atoms with Crippen LogP contribution in [0.5, 0.6) is 0 Å². The molecule has 1 aromatic rings. The van der Waals surface area contributed by atoms with Gasteiger partial charge in [0.2, 0.25) is 0 Å². The van der Waals surface area contributed by atoms with E-state index in [1.54, 1.807) is 0 Å². The summed E-state index contributed by atoms with van der Waals surface area (Å²) in [6.45, 7) is 1.17. The van der Waals surface area contributed by atoms with Crippen molar-refractivity contribution in [2.75, 3.05) is 13.1 Å². The molecule has 2 heterocycles. The predicted octanol–water partition coefficient (Wildman–Crippen LogP) is 4.08. The predicted molar refractivity (Wildman–Crippen MR) is 114 cm³/mol. The fourth-order valence-corrected chi connectivity index (χ4v) is 5.64. The molecule has 37 heavy (non-hydrogen) atoms. The normalized spacial score (nSPS) is 26.4. The Morgan fingerprint density at radius 3 is 2.16 bits per heavy atom. The Bertz CT molecular complexity index is 1170. The van der Waals surface area contributed by atoms with Crippen LogP contribution in [0.1, 0.15) is 55.8 Å². The Labute approximate surface area is 204 Å². The Hall–Kier alpha value is -2.29. The van der Waals surface area contributed by atoms with Crippen LogP contribution in [-0.4, -0.2) is 58.4 Å². The average molecular weight is 548 g/mol. The number of hydrogen-bond donors (Lipinski definition) is 2. The number of fused-ring (bicyclic) bond motifs is 1. The van der Waals surface area contributed by atoms with Crippen LogP contribution >= 0.6 is 0 Å². The molecule has 6 nitrogen and oxygen atoms in total. The van der Waals surface area contributed by atoms with Crippen molar-refractivity contribution >= 4 is 5.57 Å². The van der Waals surface area contributed by atoms with E-state index in [1.807, 2.05) is 4.98 Å². The summed E-state index contributed by atoms with van der Waals surface area (Å²) in [4.78, 5) is 28.3. The number of nitrogens with zero attached hydrogens (tertiary/aromatic N) is 2. The van der Waals surface area contributed by atoms with E-state index >= 15 is 4.39 Å². The average Bonchev–Trinajstić information content (AvgIpc) is 3.47. The van der Waals surface area contributed by atoms with Gasteiger partial charge >= 0.3 is 18.0 Å². The van der Waals surface area contributed by atoms with Crippen molar-refractivity contribution in [3.63, 3.8) is 0 Å². The van der Waals surface area contributed by atoms with Crippen molar-refractivity contribution in [1.82, 2.24) is 14.5 Å². The smallest absolute Gasteiger partial charge is 0.327 e. The third-order valence-electron chi connectivity index (χ3n) is 7.56. The monoisotopic (exact) mass is 548 g/mol. The molecule has 0 radical (unpaired) electrons. The van der Waals surface area contributed by atoms with Gasteiger partial charge < -0.3 is 5.73 Å². The first-order valence-corrected chi connectivity index (χ1v) is 11.7. The summed E-state index contributed by atoms with van der Waals surface area (Å²) in [5.74, 6) is -6.83. The van der Waals surface area contributed by atoms with Crippen molar-refractivity contribution in [3.05, 3.63) is 37.9 Å². The van der Waals surface area contributed by atoms with Crippen LogP contribution in [-0.2, 0) is 0 Å². The molecule has 1 saturated heterocycles. The van der Waals surface area contributed by atoms with Gasteiger partial charge in [0.05, 0.1) is 17.2 Å². The van der Waals surface area contributed by atoms with Crippen LogP contribution in [0.4, 0.5) is 39.5 Å². The lowest BCUT2D eigenvalue weighted by atomic mass is 9.82. The van der Waals surface area contributed by atoms with Gasteiger partial charge in [-0.3, -0.25) is 19.2 Å². The Morgan fingerprint density at radius 2 is 1.65 bits per heavy atom. The third-order valence-corrected chi connectivity index (χ3v) is 7.56. The zero-order valence-corrected chi connectivity index (χ0v) is 19.5. The summed E-state index contributed by atoms with van der Waals surface area (Å²) in [7, 11) is 0. The summed E-state index contributed by atoms with van der Waals surface area (Å²) in [5.41, 5.74) is 1.94. The van der Waals surface area contributed by atoms with Crippen LogP contribution in [0.25, 0.3) is 5.57 Å². The molecule has 1 saturated carbocycles. The fourth-order valence-electron chi connectivity index (χ4n) is 5.64. The molecule has 0 bridgehead atoms. The SMILES string of the molecule is CC1c2c(c(=O)[nH]c(=O)n2C2CC2)C(C(F)F)=C(F)C1N1CCC(C(N)CC(C(F)(F)F)C(F)(F)F)C1. The van der Waals surface area contributed by atoms with Crippen molar-refractivity contribution in [1.29, 1.82) is 0 Å². The van der Waals surface area contributed by atoms with E-state index < -0.39 is 83.2 Å². The van der Waals surface area contributed by atoms with Crippen molar-refractivity contribution < 1.29 is 39.5 Å². The minimum Gasteiger partial charge on any atom is -0.327 e. The molecule has 2 fully saturated rings. The molecule has 4 atom stereocenters. The molecule has 0 amide bonds. The maximum absolute atomic E-state index is 15.6. The highest BCUT2D eigenvalue weighted by atomic mass is 19.4. The van der Waals surface area contributed by atoms with Crippen LogP contribution in [0, 0.1) is 11.8 Å². The Kier molecular flexibility index (Phi) is 7.10. The lowest BCUT2D eigenvalue weighted by Gasteiger charge is -2.38. The molecule has 4 rings (SSSR count). The molecular formula is C22H25F9N4O2. The summed E-state index contributed by atoms with van der Waals surface area (Å²) in [5, 5.41) is 0. The van der Waals surface area contributed by atoms with Gasteiger partial charge in [-0.25, -0.2) is 18.0 Å². The second kappa shape index (κ2) is 9.47. The molecule has 4 unspecified atom stereocenters. The van der Waals surface area contributed by atoms with Gasteiger partial charge in [-0.05, 0) is 38.1 Å². The Balaban J connectivity index is 1.66. The number of aromatic amines is 1. The molecule has 15 heteroatoms. The first kappa shape index (κ1) is 27.7. The maximum Gasteiger partial charge on any atom is 0.400 e. The van der Waals surface area contributed by atoms with Gasteiger partial charge in [0.15, 0.2) is 5.92 Å². The summed E-state index contributed by atoms with van der Waals surface area (Å²) < 4.78 is 123. The van der Waals surface area contributed by atoms with Crippen molar-refractivity contribution in [2.45, 2.75) is 75.4 Å². The van der Waals surface area contributed by atoms with E-state index in [0.717, 1.165) is 0 Å². The molecule has 0 spiro atoms. The van der Waals surface area contributed by atoms with Gasteiger partial charge in [-0.2, -0.15) is 26.3 Å². The number of H-pyrrole nitrogens is 1. The number of aromatic nitrogens is 2. The second-order valence-corrected chi connectivity index (χ2v) is 10.00. The summed E-state index contributed by atoms with van der Waals surface area (Å²) >= 11 is 0. The molecule has 208 valence electrons. The van der Waals surface area contributed by atoms with E-state index in [0.29, 0.717) is 12.8 Å². The number of hydrogen-bond acceptors (Lipinski definition) is 4. The van der Waals surface area contributed by atoms with Gasteiger partial charge in [0, 0.05) is 30.2 Å². The zero-order chi connectivity index (χ0) is 27.6. The van der Waals surface area contributed by atoms with Crippen molar-refractivity contribution in [2.24, 2.45) is 17.6 Å². The minimum absolute atomic E-state index is 0.0156. The van der Waals surface area contributed by atoms with E-state index in [4.69, 9.17) is 5.73 Å². The highest BCUT2D eigenvalue weighted by molar-refractivity contribution is 5.74. The molecule has 1 aromatic heterocycles. The quantitative estimate of drug-likeness (QED) is 0.525. The number of halogens is 9. The third kappa shape index (κ3) is 5.08. The van der Waals surface area contributed by atoms with E-state index in [2.05, 4.69) is 0 Å². The number of likely N-dealkylation sites (tertiary alicyclic amines) is 1. The van der Waals surface area contributed by atoms with Crippen LogP contribution in [0.2, 0.25) is 0 Å². The molecule has 0 aromatic carbocycles. The number of nitrogens with two attached hydrogens (primary N) is 1. The highest BCUT2D eigenvalue weighted by Gasteiger charge is 2.57. The number of allylic oxidation sites excluding steroid dienone is 1. The van der Waals surface area contributed by atoms with Gasteiger partial charge in [0.25, 0.3) is 12.0 Å². The van der Waals surface area contributed by atoms with Crippen molar-refractivity contribution in [3.8, 4) is 0 Å². The van der Waals surface area contributed by atoms with Crippen LogP contribution in [0.3, 0.4) is 0 Å². The minimum atomic E-state index is -5.56. The highest BCUT2D eigenvalue weighted by Crippen LogP contribution is 2.47. The topological polar surface area (TPSA) is 84.1 Å². The Morgan fingerprint density at radius 1 is 1.05 bits per heavy atom. The fraction of sp³-hybridized carbons (Fsp3) is 0.727. The zero-order valence-electron chi connectivity index (χ0n) is 19.5. The second-order valence-electron chi connectivity index (χ2n) is 10.00. The number of nitrogens with one attached hydrogen (secondary N) is 1. The lowest BCUT2D eigenvalue weighted by Crippen LogP contribution is -2.47. The number of rotatable bonds is 6. The largest absolute Gasteiger partial charge is 0.400 e. The first-order valence-electron chi connectivity index (χ1n) is 11.7. The molecule has 2 aliphatic carbocycles. The van der Waals surface area contributed by atoms with E-state index in [-0.39, 0.29) is 31.2 Å².